The maximum absolute atomic E-state index is 15.9. The normalized spacial score (nSPS) is 17.3. The molecule has 1 amide bonds. The summed E-state index contributed by atoms with van der Waals surface area (Å²) in [5.74, 6) is -0.175. The zero-order valence-electron chi connectivity index (χ0n) is 22.6. The summed E-state index contributed by atoms with van der Waals surface area (Å²) in [6, 6.07) is 7.27. The van der Waals surface area contributed by atoms with Crippen LogP contribution in [0.4, 0.5) is 15.8 Å². The molecular formula is C28H35BrFN5O4S. The molecule has 0 radical (unpaired) electrons. The number of unbranched alkanes of at least 4 members (excludes halogenated alkanes) is 2. The Morgan fingerprint density at radius 3 is 2.62 bits per heavy atom. The number of hydroxylamine groups is 1. The monoisotopic (exact) mass is 635 g/mol. The maximum atomic E-state index is 15.9. The number of carbonyl (C=O) groups excluding carboxylic acids is 1. The second-order valence-electron chi connectivity index (χ2n) is 10.7. The van der Waals surface area contributed by atoms with Gasteiger partial charge in [0.15, 0.2) is 15.7 Å². The number of benzene rings is 2. The molecule has 1 aromatic heterocycles. The molecule has 12 heteroatoms. The molecule has 3 aromatic rings. The summed E-state index contributed by atoms with van der Waals surface area (Å²) in [6.07, 6.45) is 6.53. The highest BCUT2D eigenvalue weighted by Crippen LogP contribution is 2.33. The van der Waals surface area contributed by atoms with Crippen LogP contribution in [-0.2, 0) is 21.2 Å². The molecule has 0 bridgehead atoms. The lowest BCUT2D eigenvalue weighted by molar-refractivity contribution is 0.0271. The van der Waals surface area contributed by atoms with Gasteiger partial charge in [0, 0.05) is 29.8 Å². The molecular weight excluding hydrogens is 601 g/mol. The van der Waals surface area contributed by atoms with E-state index in [-0.39, 0.29) is 28.3 Å². The molecule has 1 aliphatic heterocycles. The van der Waals surface area contributed by atoms with E-state index in [1.165, 1.54) is 0 Å². The minimum absolute atomic E-state index is 0.0549. The van der Waals surface area contributed by atoms with E-state index < -0.39 is 21.6 Å². The Morgan fingerprint density at radius 1 is 1.15 bits per heavy atom. The molecule has 1 aliphatic carbocycles. The zero-order valence-corrected chi connectivity index (χ0v) is 25.0. The van der Waals surface area contributed by atoms with Crippen molar-refractivity contribution in [2.75, 3.05) is 43.1 Å². The number of halogens is 2. The van der Waals surface area contributed by atoms with Crippen molar-refractivity contribution in [2.45, 2.75) is 45.6 Å². The molecule has 216 valence electrons. The van der Waals surface area contributed by atoms with Gasteiger partial charge in [-0.1, -0.05) is 22.4 Å². The summed E-state index contributed by atoms with van der Waals surface area (Å²) in [4.78, 5) is 25.2. The van der Waals surface area contributed by atoms with Crippen LogP contribution in [-0.4, -0.2) is 66.5 Å². The smallest absolute Gasteiger partial charge is 0.277 e. The highest BCUT2D eigenvalue weighted by molar-refractivity contribution is 9.10. The van der Waals surface area contributed by atoms with Crippen molar-refractivity contribution in [3.8, 4) is 0 Å². The summed E-state index contributed by atoms with van der Waals surface area (Å²) in [7, 11) is -2.87. The average molecular weight is 637 g/mol. The Kier molecular flexibility index (Phi) is 9.08. The van der Waals surface area contributed by atoms with E-state index in [1.54, 1.807) is 12.4 Å². The molecule has 9 nitrogen and oxygen atoms in total. The van der Waals surface area contributed by atoms with Crippen LogP contribution in [0.25, 0.3) is 11.0 Å². The number of carbonyl (C=O) groups is 1. The quantitative estimate of drug-likeness (QED) is 0.214. The lowest BCUT2D eigenvalue weighted by atomic mass is 10.1. The Bertz CT molecular complexity index is 1480. The summed E-state index contributed by atoms with van der Waals surface area (Å²) in [5, 5.41) is 3.12. The highest BCUT2D eigenvalue weighted by Gasteiger charge is 2.25. The first kappa shape index (κ1) is 29.0. The Hall–Kier alpha value is -2.54. The Morgan fingerprint density at radius 2 is 1.90 bits per heavy atom. The van der Waals surface area contributed by atoms with Crippen LogP contribution < -0.4 is 10.8 Å². The summed E-state index contributed by atoms with van der Waals surface area (Å²) in [6.45, 7) is 5.03. The van der Waals surface area contributed by atoms with Crippen LogP contribution in [0.15, 0.2) is 35.1 Å². The number of aromatic nitrogens is 2. The number of nitrogens with zero attached hydrogens (tertiary/aromatic N) is 3. The molecule has 1 saturated carbocycles. The van der Waals surface area contributed by atoms with Gasteiger partial charge >= 0.3 is 0 Å². The molecule has 2 N–H and O–H groups in total. The molecule has 0 atom stereocenters. The van der Waals surface area contributed by atoms with E-state index in [1.807, 2.05) is 29.7 Å². The molecule has 5 rings (SSSR count). The average Bonchev–Trinajstić information content (AvgIpc) is 3.65. The largest absolute Gasteiger partial charge is 0.352 e. The molecule has 2 heterocycles. The number of sulfone groups is 1. The Balaban J connectivity index is 1.30. The van der Waals surface area contributed by atoms with E-state index >= 15 is 4.39 Å². The second kappa shape index (κ2) is 12.5. The molecule has 2 fully saturated rings. The fraction of sp³-hybridized carbons (Fsp3) is 0.500. The first-order valence-corrected chi connectivity index (χ1v) is 16.4. The molecule has 2 aromatic carbocycles. The predicted octanol–water partition coefficient (Wildman–Crippen LogP) is 4.96. The van der Waals surface area contributed by atoms with E-state index in [0.29, 0.717) is 43.4 Å². The van der Waals surface area contributed by atoms with Gasteiger partial charge in [0.2, 0.25) is 0 Å². The van der Waals surface area contributed by atoms with Crippen LogP contribution in [0.3, 0.4) is 0 Å². The number of amides is 1. The van der Waals surface area contributed by atoms with Gasteiger partial charge in [-0.05, 0) is 74.9 Å². The van der Waals surface area contributed by atoms with Gasteiger partial charge in [-0.2, -0.15) is 0 Å². The van der Waals surface area contributed by atoms with Crippen LogP contribution in [0.5, 0.6) is 0 Å². The van der Waals surface area contributed by atoms with Gasteiger partial charge in [-0.25, -0.2) is 23.3 Å². The van der Waals surface area contributed by atoms with Crippen LogP contribution in [0, 0.1) is 18.7 Å². The van der Waals surface area contributed by atoms with Crippen LogP contribution in [0.2, 0.25) is 0 Å². The third-order valence-electron chi connectivity index (χ3n) is 7.54. The number of hydrogen-bond donors (Lipinski definition) is 2. The number of aryl methyl sites for hydroxylation is 2. The number of anilines is 2. The summed E-state index contributed by atoms with van der Waals surface area (Å²) >= 11 is 3.45. The SMILES string of the molecule is Cc1cc(Br)ccc1Nc1c(C(=O)NOCC2CC2)cc2c(ncn2CCCCCN2CCS(=O)(=O)CC2)c1F. The molecule has 0 unspecified atom stereocenters. The van der Waals surface area contributed by atoms with Gasteiger partial charge in [0.05, 0.1) is 41.2 Å². The van der Waals surface area contributed by atoms with Crippen LogP contribution >= 0.6 is 15.9 Å². The van der Waals surface area contributed by atoms with Crippen molar-refractivity contribution in [1.29, 1.82) is 0 Å². The predicted molar refractivity (Wildman–Crippen MR) is 157 cm³/mol. The lowest BCUT2D eigenvalue weighted by Crippen LogP contribution is -2.40. The second-order valence-corrected chi connectivity index (χ2v) is 14.0. The third-order valence-corrected chi connectivity index (χ3v) is 9.64. The first-order chi connectivity index (χ1) is 19.2. The van der Waals surface area contributed by atoms with Gasteiger partial charge in [-0.15, -0.1) is 0 Å². The van der Waals surface area contributed by atoms with Gasteiger partial charge in [0.1, 0.15) is 5.52 Å². The van der Waals surface area contributed by atoms with Crippen molar-refractivity contribution in [2.24, 2.45) is 5.92 Å². The van der Waals surface area contributed by atoms with E-state index in [0.717, 1.165) is 48.7 Å². The van der Waals surface area contributed by atoms with E-state index in [4.69, 9.17) is 4.84 Å². The van der Waals surface area contributed by atoms with Crippen molar-refractivity contribution >= 4 is 54.1 Å². The zero-order chi connectivity index (χ0) is 28.3. The fourth-order valence-electron chi connectivity index (χ4n) is 4.87. The molecule has 1 saturated heterocycles. The first-order valence-electron chi connectivity index (χ1n) is 13.8. The minimum Gasteiger partial charge on any atom is -0.352 e. The van der Waals surface area contributed by atoms with Gasteiger partial charge < -0.3 is 14.8 Å². The van der Waals surface area contributed by atoms with Crippen LogP contribution in [0.1, 0.15) is 48.0 Å². The lowest BCUT2D eigenvalue weighted by Gasteiger charge is -2.26. The molecule has 2 aliphatic rings. The maximum Gasteiger partial charge on any atom is 0.277 e. The standard InChI is InChI=1S/C28H35BrFN5O4S/c1-19-15-21(29)7-8-23(19)32-26-22(28(36)33-39-17-20-5-6-20)16-24-27(25(26)30)31-18-35(24)10-4-2-3-9-34-11-13-40(37,38)14-12-34/h7-8,15-16,18,20,32H,2-6,9-14,17H2,1H3,(H,33,36). The minimum atomic E-state index is -2.87. The highest BCUT2D eigenvalue weighted by atomic mass is 79.9. The number of nitrogens with one attached hydrogen (secondary N) is 2. The molecule has 40 heavy (non-hydrogen) atoms. The summed E-state index contributed by atoms with van der Waals surface area (Å²) in [5.41, 5.74) is 5.01. The third kappa shape index (κ3) is 7.20. The van der Waals surface area contributed by atoms with Gasteiger partial charge in [0.25, 0.3) is 5.91 Å². The fourth-order valence-corrected chi connectivity index (χ4v) is 6.62. The van der Waals surface area contributed by atoms with E-state index in [9.17, 15) is 13.2 Å². The van der Waals surface area contributed by atoms with Gasteiger partial charge in [-0.3, -0.25) is 9.63 Å². The molecule has 0 spiro atoms. The number of imidazole rings is 1. The Labute approximate surface area is 242 Å². The number of hydrogen-bond acceptors (Lipinski definition) is 7. The van der Waals surface area contributed by atoms with Crippen molar-refractivity contribution in [3.63, 3.8) is 0 Å². The van der Waals surface area contributed by atoms with E-state index in [2.05, 4.69) is 36.6 Å². The van der Waals surface area contributed by atoms with Crippen molar-refractivity contribution < 1.29 is 22.4 Å². The van der Waals surface area contributed by atoms with Crippen molar-refractivity contribution in [1.82, 2.24) is 19.9 Å². The summed E-state index contributed by atoms with van der Waals surface area (Å²) < 4.78 is 42.0. The topological polar surface area (TPSA) is 106 Å². The number of fused-ring (bicyclic) bond motifs is 1. The van der Waals surface area contributed by atoms with Crippen molar-refractivity contribution in [3.05, 3.63) is 52.0 Å². The number of rotatable bonds is 12.